The number of anilines is 1. The van der Waals surface area contributed by atoms with E-state index >= 15 is 0 Å². The van der Waals surface area contributed by atoms with E-state index in [4.69, 9.17) is 21.8 Å². The number of aliphatic hydroxyl groups is 2. The average Bonchev–Trinajstić information content (AvgIpc) is 2.25. The van der Waals surface area contributed by atoms with Crippen molar-refractivity contribution in [3.8, 4) is 0 Å². The first kappa shape index (κ1) is 12.2. The number of halogens is 1. The minimum absolute atomic E-state index is 0.204. The Balaban J connectivity index is 2.94. The minimum Gasteiger partial charge on any atom is -0.394 e. The van der Waals surface area contributed by atoms with Gasteiger partial charge in [-0.2, -0.15) is 0 Å². The van der Waals surface area contributed by atoms with Gasteiger partial charge in [0.25, 0.3) is 0 Å². The lowest BCUT2D eigenvalue weighted by Crippen LogP contribution is -2.43. The predicted octanol–water partition coefficient (Wildman–Crippen LogP) is 0.594. The third-order valence-corrected chi connectivity index (χ3v) is 2.52. The van der Waals surface area contributed by atoms with Gasteiger partial charge in [-0.3, -0.25) is 0 Å². The Bertz CT molecular complexity index is 342. The molecule has 6 heteroatoms. The zero-order chi connectivity index (χ0) is 11.5. The Morgan fingerprint density at radius 2 is 2.00 bits per heavy atom. The lowest BCUT2D eigenvalue weighted by atomic mass is 10.1. The molecule has 5 nitrogen and oxygen atoms in total. The van der Waals surface area contributed by atoms with E-state index in [0.29, 0.717) is 16.5 Å². The van der Waals surface area contributed by atoms with Crippen molar-refractivity contribution in [3.05, 3.63) is 17.0 Å². The summed E-state index contributed by atoms with van der Waals surface area (Å²) in [5.41, 5.74) is -0.130. The first-order valence-corrected chi connectivity index (χ1v) is 4.87. The summed E-state index contributed by atoms with van der Waals surface area (Å²) in [5, 5.41) is 21.5. The van der Waals surface area contributed by atoms with Crippen LogP contribution in [0.15, 0.2) is 6.33 Å². The molecule has 0 atom stereocenters. The van der Waals surface area contributed by atoms with Crippen LogP contribution in [0.5, 0.6) is 0 Å². The average molecular weight is 232 g/mol. The lowest BCUT2D eigenvalue weighted by molar-refractivity contribution is 0.147. The molecule has 84 valence electrons. The molecule has 0 amide bonds. The molecule has 1 heterocycles. The molecule has 0 saturated heterocycles. The van der Waals surface area contributed by atoms with Crippen molar-refractivity contribution in [1.82, 2.24) is 9.97 Å². The highest BCUT2D eigenvalue weighted by Crippen LogP contribution is 2.21. The maximum Gasteiger partial charge on any atom is 0.137 e. The van der Waals surface area contributed by atoms with E-state index in [2.05, 4.69) is 15.3 Å². The zero-order valence-corrected chi connectivity index (χ0v) is 9.41. The summed E-state index contributed by atoms with van der Waals surface area (Å²) in [7, 11) is 0. The zero-order valence-electron chi connectivity index (χ0n) is 8.66. The highest BCUT2D eigenvalue weighted by atomic mass is 35.5. The van der Waals surface area contributed by atoms with E-state index in [1.807, 2.05) is 0 Å². The Hall–Kier alpha value is -0.910. The van der Waals surface area contributed by atoms with Crippen LogP contribution in [0, 0.1) is 6.92 Å². The summed E-state index contributed by atoms with van der Waals surface area (Å²) in [6.07, 6.45) is 1.33. The molecule has 1 aromatic heterocycles. The molecule has 1 rings (SSSR count). The molecule has 0 fully saturated rings. The molecular weight excluding hydrogens is 218 g/mol. The molecular formula is C9H14ClN3O2. The Labute approximate surface area is 93.1 Å². The van der Waals surface area contributed by atoms with Crippen molar-refractivity contribution < 1.29 is 10.2 Å². The van der Waals surface area contributed by atoms with Gasteiger partial charge < -0.3 is 15.5 Å². The summed E-state index contributed by atoms with van der Waals surface area (Å²) >= 11 is 5.81. The van der Waals surface area contributed by atoms with E-state index in [-0.39, 0.29) is 13.2 Å². The van der Waals surface area contributed by atoms with E-state index < -0.39 is 5.54 Å². The molecule has 0 radical (unpaired) electrons. The molecule has 15 heavy (non-hydrogen) atoms. The van der Waals surface area contributed by atoms with Crippen molar-refractivity contribution in [2.75, 3.05) is 18.5 Å². The van der Waals surface area contributed by atoms with Gasteiger partial charge >= 0.3 is 0 Å². The summed E-state index contributed by atoms with van der Waals surface area (Å²) in [6.45, 7) is 3.04. The number of rotatable bonds is 4. The molecule has 0 aliphatic carbocycles. The van der Waals surface area contributed by atoms with Gasteiger partial charge in [0.1, 0.15) is 17.3 Å². The summed E-state index contributed by atoms with van der Waals surface area (Å²) in [4.78, 5) is 7.80. The van der Waals surface area contributed by atoms with Gasteiger partial charge in [-0.25, -0.2) is 9.97 Å². The molecule has 0 unspecified atom stereocenters. The normalized spacial score (nSPS) is 11.5. The van der Waals surface area contributed by atoms with Crippen LogP contribution in [0.1, 0.15) is 12.5 Å². The second-order valence-electron chi connectivity index (χ2n) is 3.64. The summed E-state index contributed by atoms with van der Waals surface area (Å²) < 4.78 is 0. The fraction of sp³-hybridized carbons (Fsp3) is 0.556. The van der Waals surface area contributed by atoms with Gasteiger partial charge in [-0.15, -0.1) is 0 Å². The van der Waals surface area contributed by atoms with Crippen LogP contribution in [0.2, 0.25) is 5.15 Å². The largest absolute Gasteiger partial charge is 0.394 e. The summed E-state index contributed by atoms with van der Waals surface area (Å²) in [6, 6.07) is 0. The third-order valence-electron chi connectivity index (χ3n) is 2.14. The third kappa shape index (κ3) is 2.77. The highest BCUT2D eigenvalue weighted by molar-refractivity contribution is 6.30. The van der Waals surface area contributed by atoms with Gasteiger partial charge in [0, 0.05) is 5.56 Å². The lowest BCUT2D eigenvalue weighted by Gasteiger charge is -2.27. The fourth-order valence-electron chi connectivity index (χ4n) is 0.970. The van der Waals surface area contributed by atoms with E-state index in [9.17, 15) is 0 Å². The maximum atomic E-state index is 9.11. The van der Waals surface area contributed by atoms with Crippen LogP contribution in [-0.4, -0.2) is 38.9 Å². The Morgan fingerprint density at radius 3 is 2.53 bits per heavy atom. The van der Waals surface area contributed by atoms with Gasteiger partial charge in [0.15, 0.2) is 0 Å². The van der Waals surface area contributed by atoms with Crippen molar-refractivity contribution in [1.29, 1.82) is 0 Å². The van der Waals surface area contributed by atoms with Gasteiger partial charge in [0.05, 0.1) is 18.8 Å². The molecule has 0 saturated carbocycles. The van der Waals surface area contributed by atoms with Crippen molar-refractivity contribution in [3.63, 3.8) is 0 Å². The number of aliphatic hydroxyl groups excluding tert-OH is 2. The smallest absolute Gasteiger partial charge is 0.137 e. The molecule has 0 aliphatic heterocycles. The maximum absolute atomic E-state index is 9.11. The van der Waals surface area contributed by atoms with Gasteiger partial charge in [0.2, 0.25) is 0 Å². The molecule has 0 aliphatic rings. The molecule has 0 spiro atoms. The van der Waals surface area contributed by atoms with E-state index in [1.54, 1.807) is 13.8 Å². The Kier molecular flexibility index (Phi) is 3.84. The second-order valence-corrected chi connectivity index (χ2v) is 4.00. The van der Waals surface area contributed by atoms with Gasteiger partial charge in [-0.1, -0.05) is 11.6 Å². The highest BCUT2D eigenvalue weighted by Gasteiger charge is 2.23. The predicted molar refractivity (Wildman–Crippen MR) is 58.0 cm³/mol. The number of hydrogen-bond acceptors (Lipinski definition) is 5. The van der Waals surface area contributed by atoms with E-state index in [0.717, 1.165) is 0 Å². The first-order chi connectivity index (χ1) is 7.02. The van der Waals surface area contributed by atoms with Crippen molar-refractivity contribution in [2.45, 2.75) is 19.4 Å². The quantitative estimate of drug-likeness (QED) is 0.662. The topological polar surface area (TPSA) is 78.3 Å². The van der Waals surface area contributed by atoms with Crippen LogP contribution in [-0.2, 0) is 0 Å². The molecule has 0 aromatic carbocycles. The SMILES string of the molecule is Cc1c(Cl)ncnc1NC(C)(CO)CO. The van der Waals surface area contributed by atoms with Crippen LogP contribution in [0.25, 0.3) is 0 Å². The fourth-order valence-corrected chi connectivity index (χ4v) is 1.10. The monoisotopic (exact) mass is 231 g/mol. The van der Waals surface area contributed by atoms with Crippen LogP contribution >= 0.6 is 11.6 Å². The summed E-state index contributed by atoms with van der Waals surface area (Å²) in [5.74, 6) is 0.514. The van der Waals surface area contributed by atoms with Crippen LogP contribution < -0.4 is 5.32 Å². The first-order valence-electron chi connectivity index (χ1n) is 4.49. The van der Waals surface area contributed by atoms with Crippen LogP contribution in [0.4, 0.5) is 5.82 Å². The van der Waals surface area contributed by atoms with Gasteiger partial charge in [-0.05, 0) is 13.8 Å². The van der Waals surface area contributed by atoms with Crippen LogP contribution in [0.3, 0.4) is 0 Å². The van der Waals surface area contributed by atoms with E-state index in [1.165, 1.54) is 6.33 Å². The van der Waals surface area contributed by atoms with Crippen molar-refractivity contribution in [2.24, 2.45) is 0 Å². The number of hydrogen-bond donors (Lipinski definition) is 3. The molecule has 1 aromatic rings. The van der Waals surface area contributed by atoms with Crippen molar-refractivity contribution >= 4 is 17.4 Å². The molecule has 0 bridgehead atoms. The molecule has 3 N–H and O–H groups in total. The minimum atomic E-state index is -0.817. The number of nitrogens with one attached hydrogen (secondary N) is 1. The number of nitrogens with zero attached hydrogens (tertiary/aromatic N) is 2. The second kappa shape index (κ2) is 4.74. The standard InChI is InChI=1S/C9H14ClN3O2/c1-6-7(10)11-5-12-8(6)13-9(2,3-14)4-15/h5,14-15H,3-4H2,1-2H3,(H,11,12,13). The Morgan fingerprint density at radius 1 is 1.40 bits per heavy atom. The number of aromatic nitrogens is 2.